The molecule has 2 N–H and O–H groups in total. The van der Waals surface area contributed by atoms with Crippen molar-refractivity contribution in [3.8, 4) is 5.69 Å². The van der Waals surface area contributed by atoms with E-state index in [1.54, 1.807) is 10.8 Å². The molecule has 0 aliphatic carbocycles. The second kappa shape index (κ2) is 9.77. The molecule has 1 saturated heterocycles. The highest BCUT2D eigenvalue weighted by Gasteiger charge is 2.20. The summed E-state index contributed by atoms with van der Waals surface area (Å²) in [6.07, 6.45) is 2.75. The lowest BCUT2D eigenvalue weighted by Gasteiger charge is -2.22. The van der Waals surface area contributed by atoms with Gasteiger partial charge in [0.2, 0.25) is 11.7 Å². The van der Waals surface area contributed by atoms with Gasteiger partial charge in [0.25, 0.3) is 5.56 Å². The van der Waals surface area contributed by atoms with Gasteiger partial charge in [0.1, 0.15) is 5.39 Å². The van der Waals surface area contributed by atoms with Crippen molar-refractivity contribution in [2.24, 2.45) is 0 Å². The minimum atomic E-state index is -0.196. The van der Waals surface area contributed by atoms with Gasteiger partial charge in [0.15, 0.2) is 5.65 Å². The molecule has 0 amide bonds. The lowest BCUT2D eigenvalue weighted by atomic mass is 10.1. The summed E-state index contributed by atoms with van der Waals surface area (Å²) in [6, 6.07) is 22.2. The second-order valence-electron chi connectivity index (χ2n) is 10.3. The number of nitrogens with zero attached hydrogens (tertiary/aromatic N) is 6. The molecule has 0 radical (unpaired) electrons. The number of anilines is 3. The second-order valence-corrected chi connectivity index (χ2v) is 10.3. The van der Waals surface area contributed by atoms with E-state index >= 15 is 0 Å². The van der Waals surface area contributed by atoms with E-state index in [9.17, 15) is 4.79 Å². The number of hydrogen-bond acceptors (Lipinski definition) is 7. The minimum Gasteiger partial charge on any atom is -0.370 e. The predicted octanol–water partition coefficient (Wildman–Crippen LogP) is 4.74. The molecule has 3 aromatic carbocycles. The number of hydrogen-bond donors (Lipinski definition) is 2. The van der Waals surface area contributed by atoms with Gasteiger partial charge in [-0.3, -0.25) is 9.20 Å². The maximum atomic E-state index is 14.0. The lowest BCUT2D eigenvalue weighted by Crippen LogP contribution is -2.27. The Morgan fingerprint density at radius 3 is 2.50 bits per heavy atom. The fourth-order valence-corrected chi connectivity index (χ4v) is 5.69. The molecule has 3 aromatic heterocycles. The van der Waals surface area contributed by atoms with Crippen LogP contribution in [0.1, 0.15) is 17.5 Å². The first kappa shape index (κ1) is 24.3. The van der Waals surface area contributed by atoms with Gasteiger partial charge in [-0.1, -0.05) is 30.3 Å². The van der Waals surface area contributed by atoms with Gasteiger partial charge in [0, 0.05) is 37.2 Å². The first-order chi connectivity index (χ1) is 19.6. The van der Waals surface area contributed by atoms with Crippen molar-refractivity contribution in [2.75, 3.05) is 36.4 Å². The van der Waals surface area contributed by atoms with Crippen LogP contribution in [0.5, 0.6) is 0 Å². The molecule has 9 heteroatoms. The van der Waals surface area contributed by atoms with Gasteiger partial charge < -0.3 is 15.5 Å². The average Bonchev–Trinajstić information content (AvgIpc) is 3.13. The van der Waals surface area contributed by atoms with Crippen LogP contribution in [0.15, 0.2) is 77.7 Å². The van der Waals surface area contributed by atoms with Gasteiger partial charge in [-0.2, -0.15) is 4.98 Å². The molecule has 0 unspecified atom stereocenters. The molecular weight excluding hydrogens is 500 g/mol. The van der Waals surface area contributed by atoms with Crippen LogP contribution >= 0.6 is 0 Å². The van der Waals surface area contributed by atoms with Crippen LogP contribution in [0.3, 0.4) is 0 Å². The quantitative estimate of drug-likeness (QED) is 0.340. The minimum absolute atomic E-state index is 0.196. The molecule has 9 nitrogen and oxygen atoms in total. The monoisotopic (exact) mass is 530 g/mol. The van der Waals surface area contributed by atoms with Gasteiger partial charge in [-0.05, 0) is 74.3 Å². The zero-order valence-corrected chi connectivity index (χ0v) is 22.6. The summed E-state index contributed by atoms with van der Waals surface area (Å²) in [7, 11) is 0. The maximum Gasteiger partial charge on any atom is 0.270 e. The van der Waals surface area contributed by atoms with Crippen molar-refractivity contribution < 1.29 is 0 Å². The molecule has 6 aromatic rings. The van der Waals surface area contributed by atoms with Crippen molar-refractivity contribution >= 4 is 45.2 Å². The predicted molar refractivity (Wildman–Crippen MR) is 160 cm³/mol. The molecule has 0 atom stereocenters. The summed E-state index contributed by atoms with van der Waals surface area (Å²) in [5, 5.41) is 7.21. The Balaban J connectivity index is 1.36. The summed E-state index contributed by atoms with van der Waals surface area (Å²) in [5.74, 6) is 0.944. The van der Waals surface area contributed by atoms with Crippen LogP contribution < -0.4 is 21.1 Å². The first-order valence-electron chi connectivity index (χ1n) is 13.7. The van der Waals surface area contributed by atoms with E-state index in [4.69, 9.17) is 9.97 Å². The standard InChI is InChI=1S/C31H30N8O/c1-20-7-5-8-21(2)27(20)39-29(40)24-19-33-30(36-28(24)38-26-10-4-3-9-25(26)35-31(38)39)34-22-11-13-23(14-12-22)37-17-6-15-32-16-18-37/h3-5,7-14,19,32H,6,15-18H2,1-2H3,(H,33,34,36). The summed E-state index contributed by atoms with van der Waals surface area (Å²) in [4.78, 5) is 30.7. The van der Waals surface area contributed by atoms with Crippen molar-refractivity contribution in [3.63, 3.8) is 0 Å². The Hall–Kier alpha value is -4.76. The number of rotatable bonds is 4. The van der Waals surface area contributed by atoms with Gasteiger partial charge >= 0.3 is 0 Å². The molecular formula is C31H30N8O. The Morgan fingerprint density at radius 2 is 1.68 bits per heavy atom. The Bertz CT molecular complexity index is 1910. The van der Waals surface area contributed by atoms with E-state index in [2.05, 4.69) is 32.7 Å². The Morgan fingerprint density at radius 1 is 0.875 bits per heavy atom. The molecule has 1 fully saturated rings. The highest BCUT2D eigenvalue weighted by atomic mass is 16.1. The number of imidazole rings is 1. The van der Waals surface area contributed by atoms with E-state index < -0.39 is 0 Å². The average molecular weight is 531 g/mol. The van der Waals surface area contributed by atoms with Gasteiger partial charge in [-0.15, -0.1) is 0 Å². The molecule has 200 valence electrons. The first-order valence-corrected chi connectivity index (χ1v) is 13.7. The number of fused-ring (bicyclic) bond motifs is 5. The van der Waals surface area contributed by atoms with Crippen molar-refractivity contribution in [1.82, 2.24) is 29.2 Å². The van der Waals surface area contributed by atoms with E-state index in [1.165, 1.54) is 5.69 Å². The number of aromatic nitrogens is 5. The lowest BCUT2D eigenvalue weighted by molar-refractivity contribution is 0.724. The Labute approximate surface area is 231 Å². The maximum absolute atomic E-state index is 14.0. The molecule has 4 heterocycles. The Kier molecular flexibility index (Phi) is 5.93. The van der Waals surface area contributed by atoms with Crippen molar-refractivity contribution in [3.05, 3.63) is 94.4 Å². The third-order valence-corrected chi connectivity index (χ3v) is 7.65. The number of benzene rings is 3. The topological polar surface area (TPSA) is 92.4 Å². The molecule has 0 spiro atoms. The zero-order chi connectivity index (χ0) is 27.2. The van der Waals surface area contributed by atoms with E-state index in [1.807, 2.05) is 72.8 Å². The smallest absolute Gasteiger partial charge is 0.270 e. The summed E-state index contributed by atoms with van der Waals surface area (Å²) < 4.78 is 3.65. The SMILES string of the molecule is Cc1cccc(C)c1-n1c(=O)c2cnc(Nc3ccc(N4CCCNCC4)cc3)nc2n2c3ccccc3nc12. The van der Waals surface area contributed by atoms with Gasteiger partial charge in [-0.25, -0.2) is 14.5 Å². The summed E-state index contributed by atoms with van der Waals surface area (Å²) >= 11 is 0. The highest BCUT2D eigenvalue weighted by Crippen LogP contribution is 2.26. The molecule has 0 bridgehead atoms. The van der Waals surface area contributed by atoms with Crippen LogP contribution in [-0.4, -0.2) is 50.1 Å². The van der Waals surface area contributed by atoms with Gasteiger partial charge in [0.05, 0.1) is 16.7 Å². The molecule has 1 aliphatic rings. The van der Waals surface area contributed by atoms with Crippen LogP contribution in [-0.2, 0) is 0 Å². The van der Waals surface area contributed by atoms with Crippen LogP contribution in [0.4, 0.5) is 17.3 Å². The fourth-order valence-electron chi connectivity index (χ4n) is 5.69. The van der Waals surface area contributed by atoms with E-state index in [0.29, 0.717) is 22.8 Å². The number of para-hydroxylation sites is 3. The van der Waals surface area contributed by atoms with Crippen LogP contribution in [0, 0.1) is 13.8 Å². The third-order valence-electron chi connectivity index (χ3n) is 7.65. The largest absolute Gasteiger partial charge is 0.370 e. The summed E-state index contributed by atoms with van der Waals surface area (Å²) in [5.41, 5.74) is 6.89. The van der Waals surface area contributed by atoms with E-state index in [0.717, 1.165) is 66.1 Å². The molecule has 40 heavy (non-hydrogen) atoms. The molecule has 1 aliphatic heterocycles. The van der Waals surface area contributed by atoms with Crippen LogP contribution in [0.2, 0.25) is 0 Å². The highest BCUT2D eigenvalue weighted by molar-refractivity contribution is 5.88. The van der Waals surface area contributed by atoms with Crippen molar-refractivity contribution in [2.45, 2.75) is 20.3 Å². The summed E-state index contributed by atoms with van der Waals surface area (Å²) in [6.45, 7) is 8.11. The molecule has 0 saturated carbocycles. The van der Waals surface area contributed by atoms with Crippen LogP contribution in [0.25, 0.3) is 33.5 Å². The third kappa shape index (κ3) is 4.06. The van der Waals surface area contributed by atoms with Crippen molar-refractivity contribution in [1.29, 1.82) is 0 Å². The number of aryl methyl sites for hydroxylation is 2. The normalized spacial score (nSPS) is 14.2. The fraction of sp³-hybridized carbons (Fsp3) is 0.226. The zero-order valence-electron chi connectivity index (χ0n) is 22.6. The molecule has 7 rings (SSSR count). The number of nitrogens with one attached hydrogen (secondary N) is 2. The van der Waals surface area contributed by atoms with E-state index in [-0.39, 0.29) is 5.56 Å².